The van der Waals surface area contributed by atoms with E-state index in [1.165, 1.54) is 0 Å². The molecule has 0 saturated heterocycles. The highest BCUT2D eigenvalue weighted by atomic mass is 35.5. The Morgan fingerprint density at radius 1 is 1.10 bits per heavy atom. The van der Waals surface area contributed by atoms with Gasteiger partial charge in [0.25, 0.3) is 0 Å². The quantitative estimate of drug-likeness (QED) is 0.853. The summed E-state index contributed by atoms with van der Waals surface area (Å²) in [6.45, 7) is 3.72. The second-order valence-electron chi connectivity index (χ2n) is 4.83. The molecule has 0 saturated carbocycles. The van der Waals surface area contributed by atoms with Crippen molar-refractivity contribution in [2.45, 2.75) is 19.9 Å². The highest BCUT2D eigenvalue weighted by molar-refractivity contribution is 6.31. The van der Waals surface area contributed by atoms with Crippen LogP contribution in [0.25, 0.3) is 0 Å². The summed E-state index contributed by atoms with van der Waals surface area (Å²) in [5, 5.41) is 7.18. The van der Waals surface area contributed by atoms with Crippen molar-refractivity contribution in [3.8, 4) is 0 Å². The minimum absolute atomic E-state index is 0.144. The van der Waals surface area contributed by atoms with E-state index in [4.69, 9.17) is 23.2 Å². The number of aryl methyl sites for hydroxylation is 1. The molecule has 2 aromatic carbocycles. The molecule has 2 rings (SSSR count). The number of amides is 1. The first-order chi connectivity index (χ1) is 9.95. The third-order valence-corrected chi connectivity index (χ3v) is 3.68. The van der Waals surface area contributed by atoms with Gasteiger partial charge in [0.2, 0.25) is 5.91 Å². The zero-order valence-corrected chi connectivity index (χ0v) is 13.3. The topological polar surface area (TPSA) is 41.1 Å². The standard InChI is InChI=1S/C16H16Cl2N2O/c1-10-6-7-14(9-15(10)18)19-11(2)16(21)20-13-5-3-4-12(17)8-13/h3-9,11,19H,1-2H3,(H,20,21)/t11-/m0/s1. The van der Waals surface area contributed by atoms with Crippen LogP contribution in [0.1, 0.15) is 12.5 Å². The monoisotopic (exact) mass is 322 g/mol. The molecule has 110 valence electrons. The molecular formula is C16H16Cl2N2O. The van der Waals surface area contributed by atoms with Crippen LogP contribution >= 0.6 is 23.2 Å². The Kier molecular flexibility index (Phi) is 5.10. The normalized spacial score (nSPS) is 11.8. The Morgan fingerprint density at radius 3 is 2.52 bits per heavy atom. The molecule has 0 aliphatic rings. The Balaban J connectivity index is 2.00. The number of benzene rings is 2. The Morgan fingerprint density at radius 2 is 1.86 bits per heavy atom. The van der Waals surface area contributed by atoms with Crippen molar-refractivity contribution in [2.75, 3.05) is 10.6 Å². The minimum Gasteiger partial charge on any atom is -0.374 e. The summed E-state index contributed by atoms with van der Waals surface area (Å²) in [4.78, 5) is 12.1. The number of rotatable bonds is 4. The molecule has 3 nitrogen and oxygen atoms in total. The Labute approximate surface area is 134 Å². The van der Waals surface area contributed by atoms with Gasteiger partial charge in [-0.05, 0) is 49.7 Å². The summed E-state index contributed by atoms with van der Waals surface area (Å²) in [6, 6.07) is 12.2. The van der Waals surface area contributed by atoms with Gasteiger partial charge in [-0.25, -0.2) is 0 Å². The first kappa shape index (κ1) is 15.7. The average molecular weight is 323 g/mol. The van der Waals surface area contributed by atoms with Crippen LogP contribution in [-0.2, 0) is 4.79 Å². The summed E-state index contributed by atoms with van der Waals surface area (Å²) in [7, 11) is 0. The molecule has 0 aliphatic carbocycles. The number of anilines is 2. The SMILES string of the molecule is Cc1ccc(N[C@@H](C)C(=O)Nc2cccc(Cl)c2)cc1Cl. The first-order valence-corrected chi connectivity index (χ1v) is 7.30. The Hall–Kier alpha value is -1.71. The lowest BCUT2D eigenvalue weighted by Gasteiger charge is -2.16. The van der Waals surface area contributed by atoms with E-state index in [1.54, 1.807) is 37.3 Å². The van der Waals surface area contributed by atoms with Crippen LogP contribution < -0.4 is 10.6 Å². The molecule has 0 fully saturated rings. The van der Waals surface area contributed by atoms with E-state index in [1.807, 2.05) is 19.1 Å². The van der Waals surface area contributed by atoms with Crippen LogP contribution in [0.5, 0.6) is 0 Å². The van der Waals surface area contributed by atoms with Crippen LogP contribution in [0.15, 0.2) is 42.5 Å². The van der Waals surface area contributed by atoms with Gasteiger partial charge in [0.1, 0.15) is 6.04 Å². The van der Waals surface area contributed by atoms with Crippen molar-refractivity contribution in [1.29, 1.82) is 0 Å². The molecule has 0 unspecified atom stereocenters. The van der Waals surface area contributed by atoms with Gasteiger partial charge in [-0.1, -0.05) is 35.3 Å². The molecule has 0 aliphatic heterocycles. The van der Waals surface area contributed by atoms with Crippen LogP contribution in [-0.4, -0.2) is 11.9 Å². The first-order valence-electron chi connectivity index (χ1n) is 6.55. The fraction of sp³-hybridized carbons (Fsp3) is 0.188. The lowest BCUT2D eigenvalue weighted by molar-refractivity contribution is -0.116. The molecule has 2 N–H and O–H groups in total. The maximum atomic E-state index is 12.1. The molecule has 0 aromatic heterocycles. The maximum Gasteiger partial charge on any atom is 0.246 e. The fourth-order valence-corrected chi connectivity index (χ4v) is 2.19. The third-order valence-electron chi connectivity index (χ3n) is 3.04. The number of hydrogen-bond acceptors (Lipinski definition) is 2. The lowest BCUT2D eigenvalue weighted by atomic mass is 10.2. The molecule has 1 amide bonds. The van der Waals surface area contributed by atoms with Gasteiger partial charge >= 0.3 is 0 Å². The van der Waals surface area contributed by atoms with E-state index in [0.29, 0.717) is 15.7 Å². The highest BCUT2D eigenvalue weighted by Crippen LogP contribution is 2.21. The van der Waals surface area contributed by atoms with Gasteiger partial charge in [0, 0.05) is 21.4 Å². The summed E-state index contributed by atoms with van der Waals surface area (Å²) in [5.41, 5.74) is 2.47. The number of carbonyl (C=O) groups is 1. The second kappa shape index (κ2) is 6.83. The van der Waals surface area contributed by atoms with Crippen LogP contribution in [0.2, 0.25) is 10.0 Å². The number of nitrogens with one attached hydrogen (secondary N) is 2. The summed E-state index contributed by atoms with van der Waals surface area (Å²) < 4.78 is 0. The van der Waals surface area contributed by atoms with Crippen LogP contribution in [0.4, 0.5) is 11.4 Å². The third kappa shape index (κ3) is 4.38. The summed E-state index contributed by atoms with van der Waals surface area (Å²) >= 11 is 12.0. The molecule has 2 aromatic rings. The van der Waals surface area contributed by atoms with E-state index in [9.17, 15) is 4.79 Å². The van der Waals surface area contributed by atoms with Gasteiger partial charge in [0.05, 0.1) is 0 Å². The van der Waals surface area contributed by atoms with Crippen molar-refractivity contribution in [1.82, 2.24) is 0 Å². The number of hydrogen-bond donors (Lipinski definition) is 2. The van der Waals surface area contributed by atoms with Gasteiger partial charge in [-0.3, -0.25) is 4.79 Å². The Bertz CT molecular complexity index is 658. The summed E-state index contributed by atoms with van der Waals surface area (Å²) in [6.07, 6.45) is 0. The van der Waals surface area contributed by atoms with Crippen molar-refractivity contribution in [3.05, 3.63) is 58.1 Å². The fourth-order valence-electron chi connectivity index (χ4n) is 1.81. The van der Waals surface area contributed by atoms with E-state index in [0.717, 1.165) is 11.3 Å². The molecule has 0 radical (unpaired) electrons. The van der Waals surface area contributed by atoms with E-state index in [-0.39, 0.29) is 5.91 Å². The molecular weight excluding hydrogens is 307 g/mol. The molecule has 5 heteroatoms. The predicted octanol–water partition coefficient (Wildman–Crippen LogP) is 4.74. The lowest BCUT2D eigenvalue weighted by Crippen LogP contribution is -2.31. The smallest absolute Gasteiger partial charge is 0.246 e. The van der Waals surface area contributed by atoms with Crippen LogP contribution in [0.3, 0.4) is 0 Å². The largest absolute Gasteiger partial charge is 0.374 e. The van der Waals surface area contributed by atoms with Crippen molar-refractivity contribution in [3.63, 3.8) is 0 Å². The van der Waals surface area contributed by atoms with E-state index in [2.05, 4.69) is 10.6 Å². The highest BCUT2D eigenvalue weighted by Gasteiger charge is 2.13. The molecule has 1 atom stereocenters. The van der Waals surface area contributed by atoms with Crippen molar-refractivity contribution in [2.24, 2.45) is 0 Å². The van der Waals surface area contributed by atoms with E-state index >= 15 is 0 Å². The van der Waals surface area contributed by atoms with Crippen molar-refractivity contribution < 1.29 is 4.79 Å². The van der Waals surface area contributed by atoms with Crippen molar-refractivity contribution >= 4 is 40.5 Å². The van der Waals surface area contributed by atoms with Gasteiger partial charge < -0.3 is 10.6 Å². The minimum atomic E-state index is -0.400. The molecule has 0 spiro atoms. The van der Waals surface area contributed by atoms with Gasteiger partial charge in [0.15, 0.2) is 0 Å². The van der Waals surface area contributed by atoms with Crippen LogP contribution in [0, 0.1) is 6.92 Å². The molecule has 21 heavy (non-hydrogen) atoms. The molecule has 0 bridgehead atoms. The number of carbonyl (C=O) groups excluding carboxylic acids is 1. The zero-order chi connectivity index (χ0) is 15.4. The predicted molar refractivity (Wildman–Crippen MR) is 89.4 cm³/mol. The maximum absolute atomic E-state index is 12.1. The average Bonchev–Trinajstić information content (AvgIpc) is 2.43. The second-order valence-corrected chi connectivity index (χ2v) is 5.67. The zero-order valence-electron chi connectivity index (χ0n) is 11.8. The van der Waals surface area contributed by atoms with Gasteiger partial charge in [-0.15, -0.1) is 0 Å². The molecule has 0 heterocycles. The van der Waals surface area contributed by atoms with E-state index < -0.39 is 6.04 Å². The van der Waals surface area contributed by atoms with Gasteiger partial charge in [-0.2, -0.15) is 0 Å². The number of halogens is 2. The summed E-state index contributed by atoms with van der Waals surface area (Å²) in [5.74, 6) is -0.144.